The normalized spacial score (nSPS) is 16.9. The van der Waals surface area contributed by atoms with Gasteiger partial charge in [-0.15, -0.1) is 0 Å². The second-order valence-electron chi connectivity index (χ2n) is 8.38. The molecule has 10 heteroatoms. The van der Waals surface area contributed by atoms with Crippen LogP contribution in [0.15, 0.2) is 47.4 Å². The Labute approximate surface area is 218 Å². The van der Waals surface area contributed by atoms with Gasteiger partial charge in [0, 0.05) is 33.8 Å². The second kappa shape index (κ2) is 11.9. The Morgan fingerprint density at radius 3 is 2.50 bits per heavy atom. The van der Waals surface area contributed by atoms with E-state index in [1.54, 1.807) is 18.8 Å². The number of aryl methyl sites for hydroxylation is 1. The SMILES string of the molecule is Cc1ccc(NC(=O)CCCOc2ccc(SP(C)(=O)C3(C(N)=O)CCOCC3)cc2)cc1I. The molecule has 1 aliphatic heterocycles. The van der Waals surface area contributed by atoms with Crippen LogP contribution in [0.3, 0.4) is 0 Å². The Kier molecular flexibility index (Phi) is 9.49. The van der Waals surface area contributed by atoms with Crippen molar-refractivity contribution in [3.05, 3.63) is 51.6 Å². The third-order valence-corrected chi connectivity index (χ3v) is 12.9. The number of primary amides is 1. The molecular weight excluding hydrogens is 586 g/mol. The lowest BCUT2D eigenvalue weighted by Gasteiger charge is -2.38. The molecule has 184 valence electrons. The lowest BCUT2D eigenvalue weighted by Crippen LogP contribution is -2.47. The predicted octanol–water partition coefficient (Wildman–Crippen LogP) is 5.43. The number of rotatable bonds is 10. The predicted molar refractivity (Wildman–Crippen MR) is 145 cm³/mol. The maximum absolute atomic E-state index is 13.6. The van der Waals surface area contributed by atoms with E-state index in [-0.39, 0.29) is 5.91 Å². The third kappa shape index (κ3) is 6.77. The molecule has 3 rings (SSSR count). The number of anilines is 1. The third-order valence-electron chi connectivity index (χ3n) is 5.93. The second-order valence-corrected chi connectivity index (χ2v) is 15.4. The van der Waals surface area contributed by atoms with Crippen LogP contribution in [-0.2, 0) is 18.9 Å². The van der Waals surface area contributed by atoms with E-state index in [9.17, 15) is 14.2 Å². The summed E-state index contributed by atoms with van der Waals surface area (Å²) in [5.74, 6) is 0.0971. The number of carbonyl (C=O) groups is 2. The van der Waals surface area contributed by atoms with E-state index < -0.39 is 17.4 Å². The van der Waals surface area contributed by atoms with Crippen LogP contribution in [0.4, 0.5) is 5.69 Å². The topological polar surface area (TPSA) is 108 Å². The van der Waals surface area contributed by atoms with E-state index in [4.69, 9.17) is 15.2 Å². The summed E-state index contributed by atoms with van der Waals surface area (Å²) < 4.78 is 25.8. The zero-order valence-corrected chi connectivity index (χ0v) is 23.2. The van der Waals surface area contributed by atoms with Gasteiger partial charge < -0.3 is 25.1 Å². The highest BCUT2D eigenvalue weighted by atomic mass is 127. The molecule has 2 aromatic carbocycles. The first kappa shape index (κ1) is 27.0. The summed E-state index contributed by atoms with van der Waals surface area (Å²) in [7, 11) is 0. The lowest BCUT2D eigenvalue weighted by molar-refractivity contribution is -0.123. The maximum Gasteiger partial charge on any atom is 0.232 e. The van der Waals surface area contributed by atoms with Gasteiger partial charge in [0.25, 0.3) is 0 Å². The molecule has 0 saturated carbocycles. The summed E-state index contributed by atoms with van der Waals surface area (Å²) in [6, 6.07) is 13.1. The number of ether oxygens (including phenoxy) is 2. The van der Waals surface area contributed by atoms with Crippen LogP contribution in [0.1, 0.15) is 31.2 Å². The van der Waals surface area contributed by atoms with E-state index in [0.29, 0.717) is 51.3 Å². The number of halogens is 1. The first-order valence-corrected chi connectivity index (χ1v) is 15.7. The van der Waals surface area contributed by atoms with E-state index in [1.165, 1.54) is 16.9 Å². The molecule has 2 aromatic rings. The molecule has 1 saturated heterocycles. The summed E-state index contributed by atoms with van der Waals surface area (Å²) in [4.78, 5) is 25.2. The van der Waals surface area contributed by atoms with Gasteiger partial charge in [-0.1, -0.05) is 17.4 Å². The fraction of sp³-hybridized carbons (Fsp3) is 0.417. The summed E-state index contributed by atoms with van der Waals surface area (Å²) in [5.41, 5.74) is 7.65. The number of nitrogens with two attached hydrogens (primary N) is 1. The molecule has 2 amide bonds. The van der Waals surface area contributed by atoms with Gasteiger partial charge in [0.15, 0.2) is 6.34 Å². The van der Waals surface area contributed by atoms with Crippen molar-refractivity contribution in [3.63, 3.8) is 0 Å². The van der Waals surface area contributed by atoms with Gasteiger partial charge in [-0.25, -0.2) is 0 Å². The van der Waals surface area contributed by atoms with Gasteiger partial charge in [0.1, 0.15) is 10.9 Å². The Morgan fingerprint density at radius 1 is 1.21 bits per heavy atom. The average molecular weight is 616 g/mol. The van der Waals surface area contributed by atoms with Gasteiger partial charge in [-0.05, 0) is 97.4 Å². The van der Waals surface area contributed by atoms with Crippen LogP contribution in [0.2, 0.25) is 0 Å². The van der Waals surface area contributed by atoms with Crippen LogP contribution < -0.4 is 15.8 Å². The van der Waals surface area contributed by atoms with Crippen molar-refractivity contribution in [2.24, 2.45) is 5.73 Å². The van der Waals surface area contributed by atoms with Crippen molar-refractivity contribution in [2.45, 2.75) is 42.7 Å². The van der Waals surface area contributed by atoms with Gasteiger partial charge in [0.2, 0.25) is 11.8 Å². The van der Waals surface area contributed by atoms with Crippen molar-refractivity contribution in [1.29, 1.82) is 0 Å². The van der Waals surface area contributed by atoms with E-state index in [2.05, 4.69) is 27.9 Å². The van der Waals surface area contributed by atoms with Gasteiger partial charge in [-0.2, -0.15) is 0 Å². The minimum atomic E-state index is -2.99. The fourth-order valence-electron chi connectivity index (χ4n) is 3.76. The monoisotopic (exact) mass is 616 g/mol. The zero-order chi connectivity index (χ0) is 24.8. The molecule has 1 unspecified atom stereocenters. The molecule has 0 bridgehead atoms. The van der Waals surface area contributed by atoms with Crippen molar-refractivity contribution < 1.29 is 23.6 Å². The van der Waals surface area contributed by atoms with Crippen molar-refractivity contribution >= 4 is 57.8 Å². The fourth-order valence-corrected chi connectivity index (χ4v) is 9.42. The van der Waals surface area contributed by atoms with E-state index in [0.717, 1.165) is 14.2 Å². The van der Waals surface area contributed by atoms with Gasteiger partial charge >= 0.3 is 0 Å². The summed E-state index contributed by atoms with van der Waals surface area (Å²) in [6.07, 6.45) is -1.30. The highest BCUT2D eigenvalue weighted by Gasteiger charge is 2.51. The van der Waals surface area contributed by atoms with Crippen molar-refractivity contribution in [1.82, 2.24) is 0 Å². The minimum Gasteiger partial charge on any atom is -0.494 e. The Bertz CT molecular complexity index is 1070. The molecule has 1 atom stereocenters. The molecule has 1 heterocycles. The molecule has 34 heavy (non-hydrogen) atoms. The molecule has 0 radical (unpaired) electrons. The standard InChI is InChI=1S/C24H30IN2O5PS/c1-17-5-6-18(16-21(17)25)27-22(28)4-3-13-32-19-7-9-20(10-8-19)34-33(2,30)24(23(26)29)11-14-31-15-12-24/h5-10,16H,3-4,11-15H2,1-2H3,(H2,26,29)(H,27,28). The number of hydrogen-bond donors (Lipinski definition) is 2. The van der Waals surface area contributed by atoms with Crippen molar-refractivity contribution in [3.8, 4) is 5.75 Å². The molecular formula is C24H30IN2O5PS. The first-order valence-electron chi connectivity index (χ1n) is 11.1. The van der Waals surface area contributed by atoms with E-state index >= 15 is 0 Å². The minimum absolute atomic E-state index is 0.0507. The molecule has 0 aromatic heterocycles. The maximum atomic E-state index is 13.6. The highest BCUT2D eigenvalue weighted by molar-refractivity contribution is 14.1. The van der Waals surface area contributed by atoms with Crippen molar-refractivity contribution in [2.75, 3.05) is 31.8 Å². The number of benzene rings is 2. The molecule has 0 aliphatic carbocycles. The van der Waals surface area contributed by atoms with Gasteiger partial charge in [-0.3, -0.25) is 9.59 Å². The van der Waals surface area contributed by atoms with Crippen LogP contribution in [0.5, 0.6) is 5.75 Å². The molecule has 3 N–H and O–H groups in total. The molecule has 1 aliphatic rings. The Hall–Kier alpha value is -1.55. The largest absolute Gasteiger partial charge is 0.494 e. The summed E-state index contributed by atoms with van der Waals surface area (Å²) >= 11 is 3.46. The molecule has 1 fully saturated rings. The number of nitrogens with one attached hydrogen (secondary N) is 1. The first-order chi connectivity index (χ1) is 16.1. The van der Waals surface area contributed by atoms with Crippen LogP contribution in [0.25, 0.3) is 0 Å². The summed E-state index contributed by atoms with van der Waals surface area (Å²) in [6.45, 7) is 4.84. The van der Waals surface area contributed by atoms with Crippen LogP contribution >= 0.6 is 40.3 Å². The van der Waals surface area contributed by atoms with E-state index in [1.807, 2.05) is 37.3 Å². The number of amides is 2. The summed E-state index contributed by atoms with van der Waals surface area (Å²) in [5, 5.41) is 1.87. The highest BCUT2D eigenvalue weighted by Crippen LogP contribution is 2.70. The lowest BCUT2D eigenvalue weighted by atomic mass is 9.98. The Morgan fingerprint density at radius 2 is 1.88 bits per heavy atom. The van der Waals surface area contributed by atoms with Crippen LogP contribution in [-0.4, -0.2) is 43.5 Å². The number of hydrogen-bond acceptors (Lipinski definition) is 6. The van der Waals surface area contributed by atoms with Crippen LogP contribution in [0, 0.1) is 10.5 Å². The average Bonchev–Trinajstić information content (AvgIpc) is 2.80. The molecule has 7 nitrogen and oxygen atoms in total. The quantitative estimate of drug-likeness (QED) is 0.210. The zero-order valence-electron chi connectivity index (χ0n) is 19.3. The number of carbonyl (C=O) groups excluding carboxylic acids is 2. The molecule has 0 spiro atoms. The van der Waals surface area contributed by atoms with Gasteiger partial charge in [0.05, 0.1) is 6.61 Å². The smallest absolute Gasteiger partial charge is 0.232 e. The Balaban J connectivity index is 1.47.